The van der Waals surface area contributed by atoms with E-state index in [9.17, 15) is 8.42 Å². The number of sulfonamides is 1. The molecule has 0 atom stereocenters. The highest BCUT2D eigenvalue weighted by Gasteiger charge is 2.27. The molecule has 1 heterocycles. The minimum absolute atomic E-state index is 0. The first-order valence-electron chi connectivity index (χ1n) is 7.67. The van der Waals surface area contributed by atoms with Gasteiger partial charge in [-0.3, -0.25) is 4.99 Å². The van der Waals surface area contributed by atoms with E-state index in [1.54, 1.807) is 4.31 Å². The summed E-state index contributed by atoms with van der Waals surface area (Å²) in [5.74, 6) is 0.910. The van der Waals surface area contributed by atoms with Crippen molar-refractivity contribution in [2.24, 2.45) is 4.99 Å². The third-order valence-corrected chi connectivity index (χ3v) is 5.44. The molecule has 0 aromatic heterocycles. The Kier molecular flexibility index (Phi) is 11.3. The molecule has 0 spiro atoms. The third-order valence-electron chi connectivity index (χ3n) is 3.36. The number of guanidine groups is 1. The van der Waals surface area contributed by atoms with Crippen molar-refractivity contribution < 1.29 is 13.5 Å². The van der Waals surface area contributed by atoms with E-state index in [1.165, 1.54) is 0 Å². The van der Waals surface area contributed by atoms with E-state index in [-0.39, 0.29) is 42.4 Å². The third kappa shape index (κ3) is 7.42. The maximum absolute atomic E-state index is 12.0. The highest BCUT2D eigenvalue weighted by atomic mass is 127. The predicted molar refractivity (Wildman–Crippen MR) is 100 cm³/mol. The molecule has 0 amide bonds. The largest absolute Gasteiger partial charge is 0.394 e. The second-order valence-electron chi connectivity index (χ2n) is 5.12. The number of aliphatic hydroxyl groups is 1. The van der Waals surface area contributed by atoms with Gasteiger partial charge < -0.3 is 15.7 Å². The Balaban J connectivity index is 0.00000441. The van der Waals surface area contributed by atoms with Gasteiger partial charge in [0.1, 0.15) is 0 Å². The molecule has 9 heteroatoms. The van der Waals surface area contributed by atoms with Crippen LogP contribution in [-0.2, 0) is 10.0 Å². The van der Waals surface area contributed by atoms with Gasteiger partial charge in [0.15, 0.2) is 5.96 Å². The number of hydrogen-bond donors (Lipinski definition) is 3. The Morgan fingerprint density at radius 1 is 1.32 bits per heavy atom. The Morgan fingerprint density at radius 3 is 2.45 bits per heavy atom. The fourth-order valence-electron chi connectivity index (χ4n) is 2.34. The summed E-state index contributed by atoms with van der Waals surface area (Å²) in [6, 6.07) is 0.217. The Bertz CT molecular complexity index is 423. The second-order valence-corrected chi connectivity index (χ2v) is 7.21. The van der Waals surface area contributed by atoms with Crippen LogP contribution in [0, 0.1) is 0 Å². The molecule has 7 nitrogen and oxygen atoms in total. The molecular formula is C13H29IN4O3S. The number of nitrogens with one attached hydrogen (secondary N) is 2. The Labute approximate surface area is 151 Å². The SMILES string of the molecule is CCCS(=O)(=O)N1CCC(NC(=NCCO)NCC)CC1.I. The van der Waals surface area contributed by atoms with Crippen molar-refractivity contribution in [1.29, 1.82) is 0 Å². The van der Waals surface area contributed by atoms with Gasteiger partial charge in [-0.2, -0.15) is 0 Å². The number of nitrogens with zero attached hydrogens (tertiary/aromatic N) is 2. The summed E-state index contributed by atoms with van der Waals surface area (Å²) >= 11 is 0. The molecule has 1 aliphatic rings. The molecule has 0 aliphatic carbocycles. The van der Waals surface area contributed by atoms with Gasteiger partial charge in [-0.1, -0.05) is 6.92 Å². The molecule has 1 rings (SSSR count). The van der Waals surface area contributed by atoms with Crippen LogP contribution in [0.15, 0.2) is 4.99 Å². The van der Waals surface area contributed by atoms with Crippen molar-refractivity contribution in [3.63, 3.8) is 0 Å². The van der Waals surface area contributed by atoms with Crippen LogP contribution in [0.2, 0.25) is 0 Å². The van der Waals surface area contributed by atoms with Gasteiger partial charge in [-0.25, -0.2) is 12.7 Å². The van der Waals surface area contributed by atoms with Gasteiger partial charge in [-0.15, -0.1) is 24.0 Å². The first kappa shape index (κ1) is 21.9. The molecule has 1 saturated heterocycles. The molecule has 3 N–H and O–H groups in total. The number of rotatable bonds is 7. The zero-order valence-electron chi connectivity index (χ0n) is 13.4. The van der Waals surface area contributed by atoms with E-state index in [0.717, 1.165) is 19.4 Å². The summed E-state index contributed by atoms with van der Waals surface area (Å²) in [7, 11) is -3.08. The molecule has 0 saturated carbocycles. The second kappa shape index (κ2) is 11.4. The van der Waals surface area contributed by atoms with Crippen molar-refractivity contribution in [3.05, 3.63) is 0 Å². The summed E-state index contributed by atoms with van der Waals surface area (Å²) in [6.45, 7) is 6.10. The molecule has 132 valence electrons. The van der Waals surface area contributed by atoms with E-state index >= 15 is 0 Å². The standard InChI is InChI=1S/C13H28N4O3S.HI/c1-3-11-21(19,20)17-8-5-12(6-9-17)16-13(14-4-2)15-7-10-18;/h12,18H,3-11H2,1-2H3,(H2,14,15,16);1H. The van der Waals surface area contributed by atoms with Gasteiger partial charge in [0, 0.05) is 25.7 Å². The molecule has 0 radical (unpaired) electrons. The van der Waals surface area contributed by atoms with Crippen LogP contribution in [0.1, 0.15) is 33.1 Å². The highest BCUT2D eigenvalue weighted by molar-refractivity contribution is 14.0. The summed E-state index contributed by atoms with van der Waals surface area (Å²) in [5, 5.41) is 15.3. The van der Waals surface area contributed by atoms with Gasteiger partial charge in [0.05, 0.1) is 18.9 Å². The van der Waals surface area contributed by atoms with Crippen molar-refractivity contribution in [3.8, 4) is 0 Å². The highest BCUT2D eigenvalue weighted by Crippen LogP contribution is 2.15. The van der Waals surface area contributed by atoms with Gasteiger partial charge in [-0.05, 0) is 26.2 Å². The van der Waals surface area contributed by atoms with Crippen LogP contribution in [-0.4, -0.2) is 68.4 Å². The fourth-order valence-corrected chi connectivity index (χ4v) is 3.88. The van der Waals surface area contributed by atoms with Crippen LogP contribution in [0.3, 0.4) is 0 Å². The smallest absolute Gasteiger partial charge is 0.214 e. The lowest BCUT2D eigenvalue weighted by Crippen LogP contribution is -2.50. The normalized spacial score (nSPS) is 17.9. The predicted octanol–water partition coefficient (Wildman–Crippen LogP) is 0.356. The molecule has 0 aromatic carbocycles. The van der Waals surface area contributed by atoms with E-state index in [0.29, 0.717) is 32.0 Å². The van der Waals surface area contributed by atoms with Gasteiger partial charge in [0.2, 0.25) is 10.0 Å². The molecule has 1 fully saturated rings. The van der Waals surface area contributed by atoms with E-state index in [2.05, 4.69) is 15.6 Å². The molecular weight excluding hydrogens is 419 g/mol. The van der Waals surface area contributed by atoms with E-state index < -0.39 is 10.0 Å². The maximum atomic E-state index is 12.0. The fraction of sp³-hybridized carbons (Fsp3) is 0.923. The molecule has 22 heavy (non-hydrogen) atoms. The number of halogens is 1. The quantitative estimate of drug-likeness (QED) is 0.297. The average Bonchev–Trinajstić information content (AvgIpc) is 2.45. The molecule has 0 aromatic rings. The van der Waals surface area contributed by atoms with E-state index in [1.807, 2.05) is 13.8 Å². The topological polar surface area (TPSA) is 94.0 Å². The summed E-state index contributed by atoms with van der Waals surface area (Å²) in [5.41, 5.74) is 0. The lowest BCUT2D eigenvalue weighted by molar-refractivity contribution is 0.301. The lowest BCUT2D eigenvalue weighted by atomic mass is 10.1. The molecule has 0 bridgehead atoms. The number of piperidine rings is 1. The van der Waals surface area contributed by atoms with Gasteiger partial charge >= 0.3 is 0 Å². The number of hydrogen-bond acceptors (Lipinski definition) is 4. The first-order valence-corrected chi connectivity index (χ1v) is 9.28. The van der Waals surface area contributed by atoms with Crippen LogP contribution in [0.5, 0.6) is 0 Å². The van der Waals surface area contributed by atoms with Crippen LogP contribution in [0.4, 0.5) is 0 Å². The van der Waals surface area contributed by atoms with Crippen LogP contribution < -0.4 is 10.6 Å². The van der Waals surface area contributed by atoms with E-state index in [4.69, 9.17) is 5.11 Å². The van der Waals surface area contributed by atoms with Gasteiger partial charge in [0.25, 0.3) is 0 Å². The zero-order chi connectivity index (χ0) is 15.7. The minimum atomic E-state index is -3.08. The van der Waals surface area contributed by atoms with Crippen LogP contribution in [0.25, 0.3) is 0 Å². The first-order chi connectivity index (χ1) is 10.0. The van der Waals surface area contributed by atoms with Crippen molar-refractivity contribution in [1.82, 2.24) is 14.9 Å². The Morgan fingerprint density at radius 2 is 1.95 bits per heavy atom. The summed E-state index contributed by atoms with van der Waals surface area (Å²) < 4.78 is 25.6. The zero-order valence-corrected chi connectivity index (χ0v) is 16.6. The number of aliphatic hydroxyl groups excluding tert-OH is 1. The lowest BCUT2D eigenvalue weighted by Gasteiger charge is -2.32. The van der Waals surface area contributed by atoms with Crippen molar-refractivity contribution in [2.45, 2.75) is 39.2 Å². The minimum Gasteiger partial charge on any atom is -0.394 e. The Hall–Kier alpha value is -0.130. The average molecular weight is 448 g/mol. The van der Waals surface area contributed by atoms with Crippen molar-refractivity contribution in [2.75, 3.05) is 38.5 Å². The van der Waals surface area contributed by atoms with Crippen molar-refractivity contribution >= 4 is 40.0 Å². The summed E-state index contributed by atoms with van der Waals surface area (Å²) in [4.78, 5) is 4.24. The molecule has 0 unspecified atom stereocenters. The number of aliphatic imine (C=N–C) groups is 1. The maximum Gasteiger partial charge on any atom is 0.214 e. The summed E-state index contributed by atoms with van der Waals surface area (Å²) in [6.07, 6.45) is 2.19. The molecule has 1 aliphatic heterocycles. The van der Waals surface area contributed by atoms with Crippen LogP contribution >= 0.6 is 24.0 Å². The monoisotopic (exact) mass is 448 g/mol.